The molecule has 0 saturated carbocycles. The maximum absolute atomic E-state index is 5.02. The Hall–Kier alpha value is -8.90. The van der Waals surface area contributed by atoms with Crippen LogP contribution in [0.4, 0.5) is 22.7 Å². The van der Waals surface area contributed by atoms with Crippen molar-refractivity contribution in [3.63, 3.8) is 0 Å². The molecule has 12 heteroatoms. The van der Waals surface area contributed by atoms with E-state index in [9.17, 15) is 0 Å². The lowest BCUT2D eigenvalue weighted by Gasteiger charge is -2.19. The summed E-state index contributed by atoms with van der Waals surface area (Å²) >= 11 is 0. The molecule has 0 saturated heterocycles. The van der Waals surface area contributed by atoms with Crippen molar-refractivity contribution in [1.29, 1.82) is 0 Å². The average molecular weight is 943 g/mol. The van der Waals surface area contributed by atoms with Gasteiger partial charge in [0, 0.05) is 56.7 Å². The molecule has 2 N–H and O–H groups in total. The van der Waals surface area contributed by atoms with Gasteiger partial charge in [-0.3, -0.25) is 0 Å². The highest BCUT2D eigenvalue weighted by atomic mass is 15.5. The molecule has 0 unspecified atom stereocenters. The van der Waals surface area contributed by atoms with Crippen molar-refractivity contribution in [1.82, 2.24) is 40.0 Å². The molecule has 12 aromatic rings. The van der Waals surface area contributed by atoms with Gasteiger partial charge in [0.2, 0.25) is 0 Å². The zero-order valence-corrected chi connectivity index (χ0v) is 40.0. The second-order valence-corrected chi connectivity index (χ2v) is 18.5. The fourth-order valence-electron chi connectivity index (χ4n) is 10.3. The second kappa shape index (κ2) is 20.2. The molecule has 0 spiro atoms. The van der Waals surface area contributed by atoms with Crippen LogP contribution in [-0.4, -0.2) is 52.4 Å². The van der Waals surface area contributed by atoms with Gasteiger partial charge in [-0.05, 0) is 121 Å². The van der Waals surface area contributed by atoms with Crippen LogP contribution in [0.3, 0.4) is 0 Å². The van der Waals surface area contributed by atoms with Gasteiger partial charge in [-0.15, -0.1) is 0 Å². The summed E-state index contributed by atoms with van der Waals surface area (Å²) in [5, 5.41) is 41.5. The van der Waals surface area contributed by atoms with Crippen molar-refractivity contribution in [2.75, 3.05) is 10.0 Å². The first-order chi connectivity index (χ1) is 35.7. The van der Waals surface area contributed by atoms with E-state index in [0.29, 0.717) is 0 Å². The van der Waals surface area contributed by atoms with E-state index >= 15 is 0 Å². The number of aryl methyl sites for hydroxylation is 2. The number of hydrogen-bond acceptors (Lipinski definition) is 8. The minimum atomic E-state index is 0.798. The number of para-hydroxylation sites is 4. The largest absolute Gasteiger partial charge is 0.340 e. The molecule has 354 valence electrons. The van der Waals surface area contributed by atoms with Gasteiger partial charge in [0.1, 0.15) is 22.1 Å². The first-order valence-electron chi connectivity index (χ1n) is 25.1. The highest BCUT2D eigenvalue weighted by Crippen LogP contribution is 2.34. The van der Waals surface area contributed by atoms with Crippen molar-refractivity contribution >= 4 is 101 Å². The SMILES string of the molecule is C(=NN(c1ccccc1)c1ccc2n[nH]nc2c1)c1ccc2c(c1)c1ccccc1n2CCCCCCCCCCn1c2ccccc2c2cc(C=NN(c3ccccc3)c3ccc4n[nH]nc4c3)ccc21. The standard InChI is InChI=1S/C60H54N12/c1(3-5-17-35-69-57-25-15-13-23-49(57)51-37-43(27-33-59(51)69)41-61-71(45-19-9-7-10-20-45)47-29-31-53-55(39-47)65-67-63-53)2-4-6-18-36-70-58-26-16-14-24-50(58)52-38-44(28-34-60(52)70)42-62-72(46-21-11-8-12-22-46)48-30-32-54-56(40-48)66-68-64-54/h7-16,19-34,37-42H,1-6,17-18,35-36H2,(H,63,65,67)(H,64,66,68). The summed E-state index contributed by atoms with van der Waals surface area (Å²) in [5.41, 5.74) is 14.2. The van der Waals surface area contributed by atoms with Gasteiger partial charge < -0.3 is 9.13 Å². The molecule has 0 fully saturated rings. The van der Waals surface area contributed by atoms with Crippen LogP contribution in [0.2, 0.25) is 0 Å². The third-order valence-electron chi connectivity index (χ3n) is 13.8. The maximum atomic E-state index is 5.02. The van der Waals surface area contributed by atoms with Crippen LogP contribution in [0.1, 0.15) is 62.5 Å². The lowest BCUT2D eigenvalue weighted by atomic mass is 10.1. The number of benzene rings is 8. The Labute approximate surface area is 416 Å². The van der Waals surface area contributed by atoms with Gasteiger partial charge in [-0.25, -0.2) is 10.0 Å². The monoisotopic (exact) mass is 942 g/mol. The van der Waals surface area contributed by atoms with Crippen molar-refractivity contribution in [2.45, 2.75) is 64.5 Å². The van der Waals surface area contributed by atoms with Crippen LogP contribution in [0.5, 0.6) is 0 Å². The van der Waals surface area contributed by atoms with Gasteiger partial charge in [0.25, 0.3) is 0 Å². The number of anilines is 4. The Morgan fingerprint density at radius 3 is 1.19 bits per heavy atom. The van der Waals surface area contributed by atoms with Gasteiger partial charge >= 0.3 is 0 Å². The van der Waals surface area contributed by atoms with Crippen LogP contribution in [-0.2, 0) is 13.1 Å². The molecule has 4 aromatic heterocycles. The predicted molar refractivity (Wildman–Crippen MR) is 296 cm³/mol. The molecule has 12 nitrogen and oxygen atoms in total. The van der Waals surface area contributed by atoms with Crippen LogP contribution in [0, 0.1) is 0 Å². The molecule has 8 aromatic carbocycles. The Bertz CT molecular complexity index is 3610. The Morgan fingerprint density at radius 1 is 0.347 bits per heavy atom. The number of aromatic amines is 2. The normalized spacial score (nSPS) is 12.1. The third-order valence-corrected chi connectivity index (χ3v) is 13.8. The molecule has 0 radical (unpaired) electrons. The lowest BCUT2D eigenvalue weighted by molar-refractivity contribution is 0.536. The van der Waals surface area contributed by atoms with Crippen molar-refractivity contribution in [2.24, 2.45) is 10.2 Å². The van der Waals surface area contributed by atoms with Gasteiger partial charge in [-0.2, -0.15) is 41.0 Å². The van der Waals surface area contributed by atoms with E-state index in [2.05, 4.69) is 149 Å². The highest BCUT2D eigenvalue weighted by Gasteiger charge is 2.15. The van der Waals surface area contributed by atoms with Crippen LogP contribution in [0.15, 0.2) is 192 Å². The van der Waals surface area contributed by atoms with Crippen molar-refractivity contribution in [3.8, 4) is 0 Å². The third kappa shape index (κ3) is 9.06. The van der Waals surface area contributed by atoms with E-state index in [0.717, 1.165) is 81.9 Å². The summed E-state index contributed by atoms with van der Waals surface area (Å²) in [6.07, 6.45) is 13.8. The van der Waals surface area contributed by atoms with Crippen LogP contribution in [0.25, 0.3) is 65.7 Å². The number of fused-ring (bicyclic) bond motifs is 8. The zero-order valence-electron chi connectivity index (χ0n) is 40.0. The molecule has 0 aliphatic carbocycles. The molecule has 12 rings (SSSR count). The molecule has 0 aliphatic heterocycles. The van der Waals surface area contributed by atoms with E-state index in [1.165, 1.54) is 82.1 Å². The average Bonchev–Trinajstić information content (AvgIpc) is 4.24. The number of rotatable bonds is 19. The molecule has 0 aliphatic rings. The fraction of sp³-hybridized carbons (Fsp3) is 0.167. The molecule has 4 heterocycles. The van der Waals surface area contributed by atoms with Gasteiger partial charge in [-0.1, -0.05) is 123 Å². The lowest BCUT2D eigenvalue weighted by Crippen LogP contribution is -2.09. The molecule has 0 atom stereocenters. The first kappa shape index (κ1) is 44.3. The van der Waals surface area contributed by atoms with E-state index < -0.39 is 0 Å². The summed E-state index contributed by atoms with van der Waals surface area (Å²) in [4.78, 5) is 0. The van der Waals surface area contributed by atoms with E-state index in [1.807, 2.05) is 95.2 Å². The minimum Gasteiger partial charge on any atom is -0.340 e. The molecular weight excluding hydrogens is 889 g/mol. The summed E-state index contributed by atoms with van der Waals surface area (Å²) in [7, 11) is 0. The predicted octanol–water partition coefficient (Wildman–Crippen LogP) is 14.6. The molecule has 0 bridgehead atoms. The smallest absolute Gasteiger partial charge is 0.115 e. The minimum absolute atomic E-state index is 0.798. The van der Waals surface area contributed by atoms with E-state index in [-0.39, 0.29) is 0 Å². The number of nitrogens with zero attached hydrogens (tertiary/aromatic N) is 10. The fourth-order valence-corrected chi connectivity index (χ4v) is 10.3. The maximum Gasteiger partial charge on any atom is 0.115 e. The Balaban J connectivity index is 0.651. The Kier molecular flexibility index (Phi) is 12.4. The van der Waals surface area contributed by atoms with Gasteiger partial charge in [0.05, 0.1) is 35.2 Å². The topological polar surface area (TPSA) is 124 Å². The number of hydrogen-bond donors (Lipinski definition) is 2. The molecule has 72 heavy (non-hydrogen) atoms. The number of nitrogens with one attached hydrogen (secondary N) is 2. The van der Waals surface area contributed by atoms with E-state index in [1.54, 1.807) is 0 Å². The summed E-state index contributed by atoms with van der Waals surface area (Å²) < 4.78 is 5.03. The first-order valence-corrected chi connectivity index (χ1v) is 25.1. The zero-order chi connectivity index (χ0) is 48.1. The van der Waals surface area contributed by atoms with Gasteiger partial charge in [0.15, 0.2) is 0 Å². The number of aromatic nitrogens is 8. The van der Waals surface area contributed by atoms with Crippen molar-refractivity contribution < 1.29 is 0 Å². The quantitative estimate of drug-likeness (QED) is 0.0473. The number of H-pyrrole nitrogens is 2. The number of hydrazone groups is 2. The van der Waals surface area contributed by atoms with Crippen LogP contribution >= 0.6 is 0 Å². The molecular formula is C60H54N12. The molecule has 0 amide bonds. The van der Waals surface area contributed by atoms with Crippen LogP contribution < -0.4 is 10.0 Å². The summed E-state index contributed by atoms with van der Waals surface area (Å²) in [5.74, 6) is 0. The Morgan fingerprint density at radius 2 is 0.736 bits per heavy atom. The number of unbranched alkanes of at least 4 members (excludes halogenated alkanes) is 7. The van der Waals surface area contributed by atoms with E-state index in [4.69, 9.17) is 10.2 Å². The highest BCUT2D eigenvalue weighted by molar-refractivity contribution is 6.10. The summed E-state index contributed by atoms with van der Waals surface area (Å²) in [6, 6.07) is 63.5. The second-order valence-electron chi connectivity index (χ2n) is 18.5. The van der Waals surface area contributed by atoms with Crippen molar-refractivity contribution in [3.05, 3.63) is 193 Å². The summed E-state index contributed by atoms with van der Waals surface area (Å²) in [6.45, 7) is 2.01.